The molecule has 21 heavy (non-hydrogen) atoms. The standard InChI is InChI=1S/C13H22N2O5S/c1-2-13(11(16)17)4-3-5-15(10-13)12(18)14-6-8-21(19,20)9-7-14/h2-10H2,1H3,(H,16,17). The van der Waals surface area contributed by atoms with E-state index in [-0.39, 0.29) is 37.2 Å². The van der Waals surface area contributed by atoms with Gasteiger partial charge in [-0.05, 0) is 19.3 Å². The average molecular weight is 318 g/mol. The Morgan fingerprint density at radius 1 is 1.14 bits per heavy atom. The van der Waals surface area contributed by atoms with Gasteiger partial charge in [0.25, 0.3) is 0 Å². The molecule has 0 aromatic carbocycles. The van der Waals surface area contributed by atoms with Gasteiger partial charge in [0.05, 0.1) is 16.9 Å². The first-order valence-electron chi connectivity index (χ1n) is 7.27. The van der Waals surface area contributed by atoms with Crippen molar-refractivity contribution < 1.29 is 23.1 Å². The number of hydrogen-bond donors (Lipinski definition) is 1. The Labute approximate surface area is 124 Å². The fourth-order valence-corrected chi connectivity index (χ4v) is 4.21. The first-order chi connectivity index (χ1) is 9.80. The van der Waals surface area contributed by atoms with Gasteiger partial charge < -0.3 is 14.9 Å². The quantitative estimate of drug-likeness (QED) is 0.796. The highest BCUT2D eigenvalue weighted by molar-refractivity contribution is 7.91. The molecule has 2 heterocycles. The molecular formula is C13H22N2O5S. The van der Waals surface area contributed by atoms with E-state index in [1.165, 1.54) is 4.90 Å². The van der Waals surface area contributed by atoms with Gasteiger partial charge in [-0.15, -0.1) is 0 Å². The molecule has 2 rings (SSSR count). The minimum absolute atomic E-state index is 0.00949. The number of carbonyl (C=O) groups is 2. The van der Waals surface area contributed by atoms with Gasteiger partial charge in [0.2, 0.25) is 0 Å². The van der Waals surface area contributed by atoms with Crippen LogP contribution in [0.25, 0.3) is 0 Å². The Morgan fingerprint density at radius 3 is 2.29 bits per heavy atom. The van der Waals surface area contributed by atoms with E-state index in [9.17, 15) is 23.1 Å². The van der Waals surface area contributed by atoms with E-state index in [1.807, 2.05) is 6.92 Å². The van der Waals surface area contributed by atoms with Crippen LogP contribution in [0.1, 0.15) is 26.2 Å². The molecule has 2 aliphatic rings. The summed E-state index contributed by atoms with van der Waals surface area (Å²) in [4.78, 5) is 27.1. The van der Waals surface area contributed by atoms with Crippen LogP contribution in [0.4, 0.5) is 4.79 Å². The fourth-order valence-electron chi connectivity index (χ4n) is 3.01. The Hall–Kier alpha value is -1.31. The number of aliphatic carboxylic acids is 1. The lowest BCUT2D eigenvalue weighted by Crippen LogP contribution is -2.55. The topological polar surface area (TPSA) is 95.0 Å². The molecule has 0 saturated carbocycles. The largest absolute Gasteiger partial charge is 0.481 e. The zero-order valence-electron chi connectivity index (χ0n) is 12.2. The monoisotopic (exact) mass is 318 g/mol. The molecule has 0 radical (unpaired) electrons. The molecule has 1 N–H and O–H groups in total. The van der Waals surface area contributed by atoms with Crippen molar-refractivity contribution in [3.63, 3.8) is 0 Å². The maximum absolute atomic E-state index is 12.5. The molecule has 2 aliphatic heterocycles. The van der Waals surface area contributed by atoms with E-state index < -0.39 is 21.2 Å². The third kappa shape index (κ3) is 3.30. The SMILES string of the molecule is CCC1(C(=O)O)CCCN(C(=O)N2CCS(=O)(=O)CC2)C1. The third-order valence-electron chi connectivity index (χ3n) is 4.59. The Kier molecular flexibility index (Phi) is 4.46. The van der Waals surface area contributed by atoms with Gasteiger partial charge in [-0.3, -0.25) is 4.79 Å². The van der Waals surface area contributed by atoms with E-state index in [0.29, 0.717) is 25.8 Å². The van der Waals surface area contributed by atoms with E-state index in [0.717, 1.165) is 0 Å². The summed E-state index contributed by atoms with van der Waals surface area (Å²) in [6.45, 7) is 2.97. The van der Waals surface area contributed by atoms with Crippen LogP contribution in [0.3, 0.4) is 0 Å². The summed E-state index contributed by atoms with van der Waals surface area (Å²) in [7, 11) is -3.03. The number of carboxylic acid groups (broad SMARTS) is 1. The molecular weight excluding hydrogens is 296 g/mol. The Morgan fingerprint density at radius 2 is 1.76 bits per heavy atom. The number of carboxylic acids is 1. The van der Waals surface area contributed by atoms with E-state index in [4.69, 9.17) is 0 Å². The van der Waals surface area contributed by atoms with Crippen molar-refractivity contribution in [3.8, 4) is 0 Å². The smallest absolute Gasteiger partial charge is 0.320 e. The number of urea groups is 1. The average Bonchev–Trinajstić information content (AvgIpc) is 2.46. The van der Waals surface area contributed by atoms with E-state index in [1.54, 1.807) is 4.90 Å². The predicted molar refractivity (Wildman–Crippen MR) is 76.8 cm³/mol. The zero-order valence-corrected chi connectivity index (χ0v) is 13.1. The molecule has 2 amide bonds. The third-order valence-corrected chi connectivity index (χ3v) is 6.20. The van der Waals surface area contributed by atoms with Gasteiger partial charge in [0, 0.05) is 26.2 Å². The lowest BCUT2D eigenvalue weighted by atomic mass is 9.78. The van der Waals surface area contributed by atoms with Crippen molar-refractivity contribution in [2.75, 3.05) is 37.7 Å². The number of likely N-dealkylation sites (tertiary alicyclic amines) is 1. The maximum atomic E-state index is 12.5. The lowest BCUT2D eigenvalue weighted by molar-refractivity contribution is -0.152. The minimum Gasteiger partial charge on any atom is -0.481 e. The van der Waals surface area contributed by atoms with Crippen LogP contribution in [0.5, 0.6) is 0 Å². The molecule has 0 aromatic rings. The van der Waals surface area contributed by atoms with Crippen molar-refractivity contribution in [3.05, 3.63) is 0 Å². The van der Waals surface area contributed by atoms with Gasteiger partial charge in [0.15, 0.2) is 9.84 Å². The van der Waals surface area contributed by atoms with Gasteiger partial charge in [-0.25, -0.2) is 13.2 Å². The first-order valence-corrected chi connectivity index (χ1v) is 9.09. The molecule has 0 bridgehead atoms. The lowest BCUT2D eigenvalue weighted by Gasteiger charge is -2.41. The summed E-state index contributed by atoms with van der Waals surface area (Å²) < 4.78 is 22.8. The number of sulfone groups is 1. The van der Waals surface area contributed by atoms with Gasteiger partial charge in [0.1, 0.15) is 0 Å². The number of nitrogens with zero attached hydrogens (tertiary/aromatic N) is 2. The van der Waals surface area contributed by atoms with Crippen LogP contribution in [-0.2, 0) is 14.6 Å². The van der Waals surface area contributed by atoms with Gasteiger partial charge >= 0.3 is 12.0 Å². The number of carbonyl (C=O) groups excluding carboxylic acids is 1. The van der Waals surface area contributed by atoms with E-state index in [2.05, 4.69) is 0 Å². The van der Waals surface area contributed by atoms with Gasteiger partial charge in [-0.2, -0.15) is 0 Å². The molecule has 0 spiro atoms. The zero-order chi connectivity index (χ0) is 15.7. The van der Waals surface area contributed by atoms with Crippen molar-refractivity contribution in [2.24, 2.45) is 5.41 Å². The summed E-state index contributed by atoms with van der Waals surface area (Å²) in [5.41, 5.74) is -0.865. The summed E-state index contributed by atoms with van der Waals surface area (Å²) in [6.07, 6.45) is 1.73. The van der Waals surface area contributed by atoms with Crippen LogP contribution in [0.2, 0.25) is 0 Å². The van der Waals surface area contributed by atoms with Crippen molar-refractivity contribution in [1.82, 2.24) is 9.80 Å². The predicted octanol–water partition coefficient (Wildman–Crippen LogP) is 0.414. The highest BCUT2D eigenvalue weighted by Gasteiger charge is 2.43. The van der Waals surface area contributed by atoms with Crippen molar-refractivity contribution >= 4 is 21.8 Å². The summed E-state index contributed by atoms with van der Waals surface area (Å²) in [6, 6.07) is -0.233. The number of rotatable bonds is 2. The van der Waals surface area contributed by atoms with Crippen LogP contribution < -0.4 is 0 Å². The molecule has 0 aliphatic carbocycles. The van der Waals surface area contributed by atoms with Crippen molar-refractivity contribution in [2.45, 2.75) is 26.2 Å². The second kappa shape index (κ2) is 5.82. The molecule has 2 fully saturated rings. The number of amides is 2. The Balaban J connectivity index is 2.04. The highest BCUT2D eigenvalue weighted by Crippen LogP contribution is 2.34. The number of hydrogen-bond acceptors (Lipinski definition) is 4. The summed E-state index contributed by atoms with van der Waals surface area (Å²) in [5.74, 6) is -0.877. The molecule has 1 unspecified atom stereocenters. The minimum atomic E-state index is -3.03. The second-order valence-corrected chi connectivity index (χ2v) is 8.19. The molecule has 0 aromatic heterocycles. The van der Waals surface area contributed by atoms with Crippen LogP contribution >= 0.6 is 0 Å². The highest BCUT2D eigenvalue weighted by atomic mass is 32.2. The first kappa shape index (κ1) is 16.1. The molecule has 120 valence electrons. The van der Waals surface area contributed by atoms with Crippen molar-refractivity contribution in [1.29, 1.82) is 0 Å². The Bertz CT molecular complexity index is 519. The molecule has 7 nitrogen and oxygen atoms in total. The van der Waals surface area contributed by atoms with Crippen LogP contribution in [-0.4, -0.2) is 73.0 Å². The summed E-state index contributed by atoms with van der Waals surface area (Å²) >= 11 is 0. The number of piperidine rings is 1. The normalized spacial score (nSPS) is 29.2. The maximum Gasteiger partial charge on any atom is 0.320 e. The molecule has 2 saturated heterocycles. The summed E-state index contributed by atoms with van der Waals surface area (Å²) in [5, 5.41) is 9.44. The van der Waals surface area contributed by atoms with Gasteiger partial charge in [-0.1, -0.05) is 6.92 Å². The van der Waals surface area contributed by atoms with Crippen LogP contribution in [0, 0.1) is 5.41 Å². The second-order valence-electron chi connectivity index (χ2n) is 5.89. The molecule has 1 atom stereocenters. The van der Waals surface area contributed by atoms with E-state index >= 15 is 0 Å². The van der Waals surface area contributed by atoms with Crippen LogP contribution in [0.15, 0.2) is 0 Å². The fraction of sp³-hybridized carbons (Fsp3) is 0.846. The molecule has 8 heteroatoms.